The van der Waals surface area contributed by atoms with Gasteiger partial charge in [-0.05, 0) is 0 Å². The van der Waals surface area contributed by atoms with Crippen molar-refractivity contribution in [2.75, 3.05) is 18.1 Å². The van der Waals surface area contributed by atoms with Gasteiger partial charge in [0.1, 0.15) is 0 Å². The van der Waals surface area contributed by atoms with Crippen molar-refractivity contribution in [2.24, 2.45) is 5.73 Å². The summed E-state index contributed by atoms with van der Waals surface area (Å²) >= 11 is 1.33. The maximum Gasteiger partial charge on any atom is 0.211 e. The SMILES string of the molecule is CS(=O)(=O)N1CCc2nc(NC(=N)N)sc2C1. The molecule has 1 aliphatic rings. The van der Waals surface area contributed by atoms with E-state index in [4.69, 9.17) is 11.1 Å². The van der Waals surface area contributed by atoms with Crippen LogP contribution in [0.2, 0.25) is 0 Å². The molecule has 94 valence electrons. The quantitative estimate of drug-likeness (QED) is 0.509. The third kappa shape index (κ3) is 2.73. The Bertz CT molecular complexity index is 550. The minimum absolute atomic E-state index is 0.170. The highest BCUT2D eigenvalue weighted by Crippen LogP contribution is 2.28. The molecule has 0 saturated heterocycles. The molecule has 0 fully saturated rings. The average molecular weight is 275 g/mol. The smallest absolute Gasteiger partial charge is 0.211 e. The lowest BCUT2D eigenvalue weighted by Crippen LogP contribution is -2.34. The van der Waals surface area contributed by atoms with Crippen LogP contribution in [0.25, 0.3) is 0 Å². The van der Waals surface area contributed by atoms with Crippen molar-refractivity contribution in [3.05, 3.63) is 10.6 Å². The lowest BCUT2D eigenvalue weighted by atomic mass is 10.2. The van der Waals surface area contributed by atoms with Gasteiger partial charge in [0.2, 0.25) is 10.0 Å². The summed E-state index contributed by atoms with van der Waals surface area (Å²) in [6, 6.07) is 0. The molecular weight excluding hydrogens is 262 g/mol. The van der Waals surface area contributed by atoms with Gasteiger partial charge in [-0.1, -0.05) is 0 Å². The first-order valence-corrected chi connectivity index (χ1v) is 7.57. The summed E-state index contributed by atoms with van der Waals surface area (Å²) in [5, 5.41) is 10.3. The second-order valence-corrected chi connectivity index (χ2v) is 6.84. The van der Waals surface area contributed by atoms with Crippen LogP contribution in [-0.4, -0.2) is 36.5 Å². The topological polar surface area (TPSA) is 112 Å². The zero-order valence-electron chi connectivity index (χ0n) is 9.23. The van der Waals surface area contributed by atoms with E-state index in [0.717, 1.165) is 10.6 Å². The van der Waals surface area contributed by atoms with E-state index >= 15 is 0 Å². The van der Waals surface area contributed by atoms with Crippen LogP contribution in [-0.2, 0) is 23.0 Å². The average Bonchev–Trinajstić information content (AvgIpc) is 2.55. The zero-order chi connectivity index (χ0) is 12.6. The Kier molecular flexibility index (Phi) is 3.06. The molecular formula is C8H13N5O2S2. The van der Waals surface area contributed by atoms with Gasteiger partial charge in [0.15, 0.2) is 11.1 Å². The molecule has 0 saturated carbocycles. The number of guanidine groups is 1. The third-order valence-corrected chi connectivity index (χ3v) is 4.65. The number of nitrogens with two attached hydrogens (primary N) is 1. The Hall–Kier alpha value is -1.19. The molecule has 0 spiro atoms. The van der Waals surface area contributed by atoms with Crippen molar-refractivity contribution in [1.82, 2.24) is 9.29 Å². The Morgan fingerprint density at radius 3 is 2.94 bits per heavy atom. The zero-order valence-corrected chi connectivity index (χ0v) is 10.9. The number of sulfonamides is 1. The van der Waals surface area contributed by atoms with Crippen LogP contribution in [0, 0.1) is 5.41 Å². The number of nitrogens with zero attached hydrogens (tertiary/aromatic N) is 2. The number of rotatable bonds is 2. The van der Waals surface area contributed by atoms with Crippen LogP contribution < -0.4 is 11.1 Å². The molecule has 1 aliphatic heterocycles. The maximum absolute atomic E-state index is 11.4. The molecule has 1 aromatic heterocycles. The normalized spacial score (nSPS) is 16.5. The summed E-state index contributed by atoms with van der Waals surface area (Å²) in [6.45, 7) is 0.806. The van der Waals surface area contributed by atoms with E-state index in [0.29, 0.717) is 24.6 Å². The molecule has 7 nitrogen and oxygen atoms in total. The second-order valence-electron chi connectivity index (χ2n) is 3.77. The summed E-state index contributed by atoms with van der Waals surface area (Å²) < 4.78 is 24.3. The van der Waals surface area contributed by atoms with Crippen LogP contribution in [0.4, 0.5) is 5.13 Å². The Balaban J connectivity index is 2.21. The molecule has 0 aromatic carbocycles. The van der Waals surface area contributed by atoms with Crippen LogP contribution in [0.3, 0.4) is 0 Å². The maximum atomic E-state index is 11.4. The molecule has 1 aromatic rings. The van der Waals surface area contributed by atoms with Gasteiger partial charge in [-0.2, -0.15) is 4.31 Å². The molecule has 0 bridgehead atoms. The summed E-state index contributed by atoms with van der Waals surface area (Å²) in [5.74, 6) is -0.170. The Morgan fingerprint density at radius 1 is 1.65 bits per heavy atom. The van der Waals surface area contributed by atoms with Crippen LogP contribution >= 0.6 is 11.3 Å². The van der Waals surface area contributed by atoms with Crippen LogP contribution in [0.5, 0.6) is 0 Å². The molecule has 2 rings (SSSR count). The van der Waals surface area contributed by atoms with Crippen molar-refractivity contribution < 1.29 is 8.42 Å². The van der Waals surface area contributed by atoms with Crippen molar-refractivity contribution in [3.8, 4) is 0 Å². The van der Waals surface area contributed by atoms with Gasteiger partial charge < -0.3 is 11.1 Å². The first-order valence-electron chi connectivity index (χ1n) is 4.91. The molecule has 0 aliphatic carbocycles. The Morgan fingerprint density at radius 2 is 2.35 bits per heavy atom. The van der Waals surface area contributed by atoms with Crippen molar-refractivity contribution in [2.45, 2.75) is 13.0 Å². The number of anilines is 1. The summed E-state index contributed by atoms with van der Waals surface area (Å²) in [6.07, 6.45) is 1.80. The van der Waals surface area contributed by atoms with Gasteiger partial charge in [-0.25, -0.2) is 13.4 Å². The fourth-order valence-corrected chi connectivity index (χ4v) is 3.53. The van der Waals surface area contributed by atoms with E-state index in [9.17, 15) is 8.42 Å². The fraction of sp³-hybridized carbons (Fsp3) is 0.500. The van der Waals surface area contributed by atoms with Crippen molar-refractivity contribution in [1.29, 1.82) is 5.41 Å². The largest absolute Gasteiger partial charge is 0.370 e. The van der Waals surface area contributed by atoms with Crippen molar-refractivity contribution >= 4 is 32.5 Å². The minimum Gasteiger partial charge on any atom is -0.370 e. The van der Waals surface area contributed by atoms with E-state index in [-0.39, 0.29) is 5.96 Å². The lowest BCUT2D eigenvalue weighted by molar-refractivity contribution is 0.396. The molecule has 17 heavy (non-hydrogen) atoms. The number of nitrogens with one attached hydrogen (secondary N) is 2. The predicted molar refractivity (Wildman–Crippen MR) is 66.6 cm³/mol. The number of thiazole rings is 1. The highest BCUT2D eigenvalue weighted by atomic mass is 32.2. The van der Waals surface area contributed by atoms with E-state index < -0.39 is 10.0 Å². The number of hydrogen-bond acceptors (Lipinski definition) is 5. The van der Waals surface area contributed by atoms with Gasteiger partial charge in [-0.15, -0.1) is 11.3 Å². The molecule has 9 heteroatoms. The summed E-state index contributed by atoms with van der Waals surface area (Å²) in [4.78, 5) is 5.18. The second kappa shape index (κ2) is 4.24. The first-order chi connectivity index (χ1) is 7.86. The van der Waals surface area contributed by atoms with E-state index in [1.54, 1.807) is 0 Å². The van der Waals surface area contributed by atoms with Gasteiger partial charge in [0.25, 0.3) is 0 Å². The molecule has 0 amide bonds. The van der Waals surface area contributed by atoms with Crippen LogP contribution in [0.15, 0.2) is 0 Å². The van der Waals surface area contributed by atoms with Gasteiger partial charge in [0.05, 0.1) is 11.9 Å². The molecule has 2 heterocycles. The fourth-order valence-electron chi connectivity index (χ4n) is 1.62. The summed E-state index contributed by atoms with van der Waals surface area (Å²) in [7, 11) is -3.16. The highest BCUT2D eigenvalue weighted by molar-refractivity contribution is 7.88. The lowest BCUT2D eigenvalue weighted by Gasteiger charge is -2.23. The minimum atomic E-state index is -3.16. The molecule has 0 radical (unpaired) electrons. The van der Waals surface area contributed by atoms with E-state index in [1.807, 2.05) is 0 Å². The molecule has 0 unspecified atom stereocenters. The summed E-state index contributed by atoms with van der Waals surface area (Å²) in [5.41, 5.74) is 6.10. The van der Waals surface area contributed by atoms with Crippen molar-refractivity contribution in [3.63, 3.8) is 0 Å². The monoisotopic (exact) mass is 275 g/mol. The third-order valence-electron chi connectivity index (χ3n) is 2.41. The molecule has 0 atom stereocenters. The number of fused-ring (bicyclic) bond motifs is 1. The highest BCUT2D eigenvalue weighted by Gasteiger charge is 2.26. The van der Waals surface area contributed by atoms with Gasteiger partial charge >= 0.3 is 0 Å². The van der Waals surface area contributed by atoms with Gasteiger partial charge in [0, 0.05) is 24.4 Å². The standard InChI is InChI=1S/C8H13N5O2S2/c1-17(14,15)13-3-2-5-6(4-13)16-8(11-5)12-7(9)10/h2-4H2,1H3,(H4,9,10,11,12). The number of hydrogen-bond donors (Lipinski definition) is 3. The Labute approximate surface area is 103 Å². The molecule has 4 N–H and O–H groups in total. The predicted octanol–water partition coefficient (Wildman–Crippen LogP) is -0.234. The number of aromatic nitrogens is 1. The van der Waals surface area contributed by atoms with Crippen LogP contribution in [0.1, 0.15) is 10.6 Å². The van der Waals surface area contributed by atoms with Gasteiger partial charge in [-0.3, -0.25) is 5.41 Å². The van der Waals surface area contributed by atoms with E-state index in [2.05, 4.69) is 10.3 Å². The van der Waals surface area contributed by atoms with E-state index in [1.165, 1.54) is 21.9 Å². The first kappa shape index (κ1) is 12.3.